The largest absolute Gasteiger partial charge is 0.618 e. The summed E-state index contributed by atoms with van der Waals surface area (Å²) in [6.45, 7) is 1.10. The van der Waals surface area contributed by atoms with Gasteiger partial charge in [-0.05, 0) is 48.7 Å². The Morgan fingerprint density at radius 3 is 2.42 bits per heavy atom. The zero-order chi connectivity index (χ0) is 34.3. The fourth-order valence-electron chi connectivity index (χ4n) is 5.61. The number of hydrogen-bond acceptors (Lipinski definition) is 5. The van der Waals surface area contributed by atoms with Crippen molar-refractivity contribution in [1.29, 1.82) is 0 Å². The van der Waals surface area contributed by atoms with Gasteiger partial charge >= 0.3 is 11.9 Å². The molecule has 1 unspecified atom stereocenters. The molecule has 1 saturated heterocycles. The Morgan fingerprint density at radius 1 is 1.04 bits per heavy atom. The van der Waals surface area contributed by atoms with Gasteiger partial charge in [0.25, 0.3) is 5.91 Å². The molecule has 17 heteroatoms. The standard InChI is InChI=1S/C31H24ClF5N8O3/c32-21-6-8-24(44-16-26(40-41-44)31(35,36)37)28(29(21)34)18-4-7-23(45(48)15-18)25(12-27(46)42-9-1-2-10-42)43-14-19(13-39-43)17-3-5-20(30(38)47)22(33)11-17/h3-8,11,13-16,25H,1-2,9-10,12H2,(H2,38,47)/p+1. The molecule has 0 aliphatic carbocycles. The van der Waals surface area contributed by atoms with Crippen LogP contribution in [0.5, 0.6) is 0 Å². The molecule has 0 radical (unpaired) electrons. The maximum atomic E-state index is 15.5. The Bertz CT molecular complexity index is 2040. The van der Waals surface area contributed by atoms with Crippen molar-refractivity contribution < 1.29 is 41.0 Å². The minimum absolute atomic E-state index is 0.0322. The van der Waals surface area contributed by atoms with E-state index in [4.69, 9.17) is 17.3 Å². The molecule has 2 amide bonds. The van der Waals surface area contributed by atoms with Crippen LogP contribution in [0.25, 0.3) is 27.9 Å². The number of carbonyl (C=O) groups is 2. The van der Waals surface area contributed by atoms with E-state index in [1.54, 1.807) is 4.90 Å². The number of aromatic amines is 1. The number of halogens is 6. The fourth-order valence-corrected chi connectivity index (χ4v) is 5.77. The molecule has 0 saturated carbocycles. The maximum Gasteiger partial charge on any atom is 0.464 e. The molecule has 5 aromatic rings. The number of aromatic nitrogens is 6. The lowest BCUT2D eigenvalue weighted by molar-refractivity contribution is -0.659. The highest BCUT2D eigenvalue weighted by molar-refractivity contribution is 6.31. The smallest absolute Gasteiger partial charge is 0.464 e. The monoisotopic (exact) mass is 687 g/mol. The number of alkyl halides is 3. The third-order valence-electron chi connectivity index (χ3n) is 8.04. The number of nitrogens with zero attached hydrogens (tertiary/aromatic N) is 6. The molecule has 1 aliphatic rings. The van der Waals surface area contributed by atoms with Gasteiger partial charge in [0.05, 0.1) is 39.4 Å². The molecule has 0 spiro atoms. The van der Waals surface area contributed by atoms with Crippen LogP contribution in [0.2, 0.25) is 5.02 Å². The van der Waals surface area contributed by atoms with Gasteiger partial charge in [0.1, 0.15) is 11.9 Å². The predicted molar refractivity (Wildman–Crippen MR) is 159 cm³/mol. The summed E-state index contributed by atoms with van der Waals surface area (Å²) in [4.78, 5) is 26.4. The Morgan fingerprint density at radius 2 is 1.77 bits per heavy atom. The van der Waals surface area contributed by atoms with Crippen molar-refractivity contribution in [1.82, 2.24) is 25.0 Å². The second kappa shape index (κ2) is 12.7. The Kier molecular flexibility index (Phi) is 8.59. The highest BCUT2D eigenvalue weighted by Gasteiger charge is 2.41. The summed E-state index contributed by atoms with van der Waals surface area (Å²) in [5.74, 6) is -3.01. The average molecular weight is 688 g/mol. The first-order valence-electron chi connectivity index (χ1n) is 14.5. The molecule has 3 N–H and O–H groups in total. The molecule has 1 fully saturated rings. The van der Waals surface area contributed by atoms with E-state index in [9.17, 15) is 32.4 Å². The number of hydrogen-bond donors (Lipinski definition) is 2. The average Bonchev–Trinajstić information content (AvgIpc) is 3.83. The summed E-state index contributed by atoms with van der Waals surface area (Å²) in [5, 5.41) is 23.1. The van der Waals surface area contributed by atoms with Gasteiger partial charge in [-0.3, -0.25) is 14.3 Å². The third kappa shape index (κ3) is 6.30. The second-order valence-electron chi connectivity index (χ2n) is 11.1. The second-order valence-corrected chi connectivity index (χ2v) is 11.5. The zero-order valence-corrected chi connectivity index (χ0v) is 25.5. The Hall–Kier alpha value is -5.38. The first-order chi connectivity index (χ1) is 22.8. The molecule has 11 nitrogen and oxygen atoms in total. The minimum Gasteiger partial charge on any atom is -0.618 e. The van der Waals surface area contributed by atoms with Crippen LogP contribution in [-0.2, 0) is 11.0 Å². The van der Waals surface area contributed by atoms with E-state index in [-0.39, 0.29) is 45.4 Å². The number of amides is 2. The summed E-state index contributed by atoms with van der Waals surface area (Å²) in [5.41, 5.74) is 4.03. The van der Waals surface area contributed by atoms with Crippen LogP contribution in [-0.4, -0.2) is 49.9 Å². The summed E-state index contributed by atoms with van der Waals surface area (Å²) in [7, 11) is 0. The number of benzene rings is 2. The quantitative estimate of drug-likeness (QED) is 0.140. The van der Waals surface area contributed by atoms with Crippen LogP contribution in [0.3, 0.4) is 0 Å². The van der Waals surface area contributed by atoms with E-state index in [0.29, 0.717) is 35.1 Å². The lowest BCUT2D eigenvalue weighted by atomic mass is 10.0. The van der Waals surface area contributed by atoms with Gasteiger partial charge in [0.15, 0.2) is 23.9 Å². The predicted octanol–water partition coefficient (Wildman–Crippen LogP) is 4.50. The van der Waals surface area contributed by atoms with E-state index in [0.717, 1.165) is 35.9 Å². The van der Waals surface area contributed by atoms with Crippen LogP contribution in [0, 0.1) is 16.8 Å². The summed E-state index contributed by atoms with van der Waals surface area (Å²) < 4.78 is 72.4. The Balaban J connectivity index is 1.40. The normalized spacial score (nSPS) is 14.0. The van der Waals surface area contributed by atoms with Gasteiger partial charge in [-0.15, -0.1) is 4.68 Å². The molecule has 6 rings (SSSR count). The lowest BCUT2D eigenvalue weighted by Crippen LogP contribution is -2.38. The molecule has 2 aromatic carbocycles. The van der Waals surface area contributed by atoms with E-state index in [2.05, 4.69) is 15.4 Å². The SMILES string of the molecule is NC(=O)c1ccc(-c2cnn(C(CC(=O)N3CCCC3)c3ccc(-c4c(-[n+]5cc(C(F)(F)F)n[nH]5)ccc(Cl)c4F)c[n+]3[O-])c2)cc1F. The molecular weight excluding hydrogens is 663 g/mol. The summed E-state index contributed by atoms with van der Waals surface area (Å²) in [6.07, 6.45) is 1.27. The fraction of sp³-hybridized carbons (Fsp3) is 0.226. The van der Waals surface area contributed by atoms with Crippen molar-refractivity contribution in [3.8, 4) is 27.9 Å². The lowest BCUT2D eigenvalue weighted by Gasteiger charge is -2.21. The molecule has 1 aliphatic heterocycles. The zero-order valence-electron chi connectivity index (χ0n) is 24.7. The van der Waals surface area contributed by atoms with Crippen molar-refractivity contribution >= 4 is 23.4 Å². The first-order valence-corrected chi connectivity index (χ1v) is 14.9. The van der Waals surface area contributed by atoms with Crippen molar-refractivity contribution in [3.63, 3.8) is 0 Å². The molecule has 3 aromatic heterocycles. The minimum atomic E-state index is -4.78. The topological polar surface area (TPSA) is 141 Å². The van der Waals surface area contributed by atoms with Crippen LogP contribution < -0.4 is 15.1 Å². The highest BCUT2D eigenvalue weighted by atomic mass is 35.5. The Labute approximate surface area is 273 Å². The number of pyridine rings is 1. The van der Waals surface area contributed by atoms with E-state index in [1.165, 1.54) is 47.4 Å². The van der Waals surface area contributed by atoms with Gasteiger partial charge < -0.3 is 15.8 Å². The molecule has 248 valence electrons. The molecule has 48 heavy (non-hydrogen) atoms. The van der Waals surface area contributed by atoms with Crippen LogP contribution >= 0.6 is 11.6 Å². The van der Waals surface area contributed by atoms with Crippen LogP contribution in [0.4, 0.5) is 22.0 Å². The van der Waals surface area contributed by atoms with Crippen molar-refractivity contribution in [2.45, 2.75) is 31.5 Å². The van der Waals surface area contributed by atoms with Crippen molar-refractivity contribution in [3.05, 3.63) is 106 Å². The van der Waals surface area contributed by atoms with Gasteiger partial charge in [0.2, 0.25) is 11.6 Å². The number of H-pyrrole nitrogens is 1. The number of likely N-dealkylation sites (tertiary alicyclic amines) is 1. The van der Waals surface area contributed by atoms with Gasteiger partial charge in [-0.25, -0.2) is 8.78 Å². The number of primary amides is 1. The number of carbonyl (C=O) groups excluding carboxylic acids is 2. The summed E-state index contributed by atoms with van der Waals surface area (Å²) in [6, 6.07) is 7.99. The van der Waals surface area contributed by atoms with Crippen molar-refractivity contribution in [2.75, 3.05) is 13.1 Å². The highest BCUT2D eigenvalue weighted by Crippen LogP contribution is 2.33. The van der Waals surface area contributed by atoms with Gasteiger partial charge in [-0.2, -0.15) is 23.0 Å². The van der Waals surface area contributed by atoms with Crippen LogP contribution in [0.1, 0.15) is 47.1 Å². The number of rotatable bonds is 8. The van der Waals surface area contributed by atoms with Gasteiger partial charge in [-0.1, -0.05) is 22.9 Å². The molecular formula is C31H25ClF5N8O3+. The van der Waals surface area contributed by atoms with E-state index < -0.39 is 35.5 Å². The number of nitrogens with one attached hydrogen (secondary N) is 1. The maximum absolute atomic E-state index is 15.5. The number of nitrogens with two attached hydrogens (primary N) is 1. The van der Waals surface area contributed by atoms with Crippen LogP contribution in [0.15, 0.2) is 67.3 Å². The van der Waals surface area contributed by atoms with Crippen molar-refractivity contribution in [2.24, 2.45) is 5.73 Å². The molecule has 1 atom stereocenters. The van der Waals surface area contributed by atoms with E-state index in [1.807, 2.05) is 0 Å². The van der Waals surface area contributed by atoms with E-state index >= 15 is 4.39 Å². The molecule has 0 bridgehead atoms. The third-order valence-corrected chi connectivity index (χ3v) is 8.33. The molecule has 4 heterocycles. The van der Waals surface area contributed by atoms with Gasteiger partial charge in [0, 0.05) is 30.9 Å². The first kappa shape index (κ1) is 32.6. The summed E-state index contributed by atoms with van der Waals surface area (Å²) >= 11 is 6.03.